The van der Waals surface area contributed by atoms with Crippen molar-refractivity contribution in [3.63, 3.8) is 0 Å². The smallest absolute Gasteiger partial charge is 0.124 e. The second-order valence-electron chi connectivity index (χ2n) is 6.96. The van der Waals surface area contributed by atoms with E-state index in [0.29, 0.717) is 18.1 Å². The molecule has 8 heteroatoms. The quantitative estimate of drug-likeness (QED) is 0.410. The second-order valence-corrected chi connectivity index (χ2v) is 7.37. The third-order valence-electron chi connectivity index (χ3n) is 4.72. The number of nitrogens with one attached hydrogen (secondary N) is 1. The van der Waals surface area contributed by atoms with Crippen LogP contribution in [0.3, 0.4) is 0 Å². The molecule has 0 aliphatic heterocycles. The van der Waals surface area contributed by atoms with Crippen molar-refractivity contribution < 1.29 is 4.39 Å². The summed E-state index contributed by atoms with van der Waals surface area (Å²) >= 11 is 6.18. The van der Waals surface area contributed by atoms with Gasteiger partial charge in [-0.3, -0.25) is 0 Å². The minimum Gasteiger partial charge on any atom is -0.337 e. The summed E-state index contributed by atoms with van der Waals surface area (Å²) in [5.74, 6) is -0.359. The maximum Gasteiger partial charge on any atom is 0.124 e. The van der Waals surface area contributed by atoms with Gasteiger partial charge in [-0.05, 0) is 30.7 Å². The first-order valence-corrected chi connectivity index (χ1v) is 10.2. The van der Waals surface area contributed by atoms with Crippen LogP contribution in [0.1, 0.15) is 17.7 Å². The van der Waals surface area contributed by atoms with Crippen molar-refractivity contribution in [2.45, 2.75) is 26.1 Å². The van der Waals surface area contributed by atoms with Crippen molar-refractivity contribution >= 4 is 11.6 Å². The molecule has 0 saturated heterocycles. The lowest BCUT2D eigenvalue weighted by atomic mass is 10.1. The van der Waals surface area contributed by atoms with Crippen LogP contribution in [0.5, 0.6) is 0 Å². The second kappa shape index (κ2) is 9.65. The van der Waals surface area contributed by atoms with Gasteiger partial charge in [-0.2, -0.15) is 15.0 Å². The standard InChI is InChI=1S/C22H22ClFN6/c23-20-13-19(24)8-7-18(20)15-30-27-21(22(28-30)17-5-2-1-3-6-17)14-25-9-4-11-29-12-10-26-16-29/h1-3,5-8,10,12-13,16,25H,4,9,11,14-15H2. The molecule has 30 heavy (non-hydrogen) atoms. The van der Waals surface area contributed by atoms with Crippen LogP contribution in [0.15, 0.2) is 67.3 Å². The largest absolute Gasteiger partial charge is 0.337 e. The molecule has 1 N–H and O–H groups in total. The zero-order valence-corrected chi connectivity index (χ0v) is 17.1. The first-order chi connectivity index (χ1) is 14.7. The summed E-state index contributed by atoms with van der Waals surface area (Å²) in [6, 6.07) is 14.3. The molecule has 154 valence electrons. The number of hydrogen-bond acceptors (Lipinski definition) is 4. The molecule has 0 saturated carbocycles. The summed E-state index contributed by atoms with van der Waals surface area (Å²) in [6.45, 7) is 2.74. The number of rotatable bonds is 9. The molecule has 0 aliphatic carbocycles. The van der Waals surface area contributed by atoms with Crippen molar-refractivity contribution in [3.8, 4) is 11.3 Å². The van der Waals surface area contributed by atoms with Gasteiger partial charge in [0.05, 0.1) is 12.9 Å². The van der Waals surface area contributed by atoms with Gasteiger partial charge < -0.3 is 9.88 Å². The van der Waals surface area contributed by atoms with Crippen LogP contribution in [-0.2, 0) is 19.6 Å². The number of imidazole rings is 1. The number of aryl methyl sites for hydroxylation is 1. The SMILES string of the molecule is Fc1ccc(Cn2nc(CNCCCn3ccnc3)c(-c3ccccc3)n2)c(Cl)c1. The van der Waals surface area contributed by atoms with Gasteiger partial charge in [0, 0.05) is 36.1 Å². The minimum atomic E-state index is -0.359. The van der Waals surface area contributed by atoms with E-state index in [-0.39, 0.29) is 5.82 Å². The summed E-state index contributed by atoms with van der Waals surface area (Å²) < 4.78 is 15.4. The molecule has 2 heterocycles. The fourth-order valence-electron chi connectivity index (χ4n) is 3.21. The van der Waals surface area contributed by atoms with Crippen molar-refractivity contribution in [1.82, 2.24) is 29.9 Å². The lowest BCUT2D eigenvalue weighted by Crippen LogP contribution is -2.17. The Kier molecular flexibility index (Phi) is 6.51. The topological polar surface area (TPSA) is 60.6 Å². The average molecular weight is 425 g/mol. The van der Waals surface area contributed by atoms with Gasteiger partial charge in [0.1, 0.15) is 17.2 Å². The van der Waals surface area contributed by atoms with Gasteiger partial charge >= 0.3 is 0 Å². The number of nitrogens with zero attached hydrogens (tertiary/aromatic N) is 5. The van der Waals surface area contributed by atoms with Crippen LogP contribution in [0, 0.1) is 5.82 Å². The average Bonchev–Trinajstić information content (AvgIpc) is 3.40. The first kappa shape index (κ1) is 20.3. The van der Waals surface area contributed by atoms with E-state index in [1.807, 2.05) is 42.9 Å². The number of benzene rings is 2. The highest BCUT2D eigenvalue weighted by atomic mass is 35.5. The highest BCUT2D eigenvalue weighted by Crippen LogP contribution is 2.22. The van der Waals surface area contributed by atoms with Gasteiger partial charge in [-0.15, -0.1) is 0 Å². The van der Waals surface area contributed by atoms with Gasteiger partial charge in [-0.25, -0.2) is 9.37 Å². The predicted molar refractivity (Wildman–Crippen MR) is 115 cm³/mol. The Bertz CT molecular complexity index is 1080. The van der Waals surface area contributed by atoms with Crippen molar-refractivity contribution in [2.75, 3.05) is 6.54 Å². The Labute approximate surface area is 179 Å². The first-order valence-electron chi connectivity index (χ1n) is 9.79. The molecule has 0 amide bonds. The molecule has 0 bridgehead atoms. The summed E-state index contributed by atoms with van der Waals surface area (Å²) in [6.07, 6.45) is 6.54. The zero-order chi connectivity index (χ0) is 20.8. The molecule has 4 aromatic rings. The summed E-state index contributed by atoms with van der Waals surface area (Å²) in [5.41, 5.74) is 3.47. The normalized spacial score (nSPS) is 11.1. The minimum absolute atomic E-state index is 0.359. The van der Waals surface area contributed by atoms with Crippen LogP contribution in [0.2, 0.25) is 5.02 Å². The molecule has 2 aromatic heterocycles. The van der Waals surface area contributed by atoms with E-state index >= 15 is 0 Å². The van der Waals surface area contributed by atoms with Crippen LogP contribution in [0.25, 0.3) is 11.3 Å². The number of halogens is 2. The monoisotopic (exact) mass is 424 g/mol. The van der Waals surface area contributed by atoms with E-state index in [4.69, 9.17) is 11.6 Å². The van der Waals surface area contributed by atoms with Crippen LogP contribution >= 0.6 is 11.6 Å². The number of hydrogen-bond donors (Lipinski definition) is 1. The van der Waals surface area contributed by atoms with Crippen LogP contribution < -0.4 is 5.32 Å². The maximum absolute atomic E-state index is 13.3. The molecule has 2 aromatic carbocycles. The Hall–Kier alpha value is -3.03. The molecule has 0 aliphatic rings. The van der Waals surface area contributed by atoms with E-state index in [2.05, 4.69) is 25.1 Å². The van der Waals surface area contributed by atoms with E-state index in [1.54, 1.807) is 17.1 Å². The van der Waals surface area contributed by atoms with Gasteiger partial charge in [0.25, 0.3) is 0 Å². The van der Waals surface area contributed by atoms with Crippen molar-refractivity contribution in [2.24, 2.45) is 0 Å². The highest BCUT2D eigenvalue weighted by Gasteiger charge is 2.14. The molecule has 0 fully saturated rings. The third-order valence-corrected chi connectivity index (χ3v) is 5.07. The maximum atomic E-state index is 13.3. The Morgan fingerprint density at radius 2 is 1.93 bits per heavy atom. The Morgan fingerprint density at radius 1 is 1.07 bits per heavy atom. The lowest BCUT2D eigenvalue weighted by molar-refractivity contribution is 0.558. The molecule has 0 atom stereocenters. The van der Waals surface area contributed by atoms with E-state index < -0.39 is 0 Å². The Balaban J connectivity index is 1.46. The fourth-order valence-corrected chi connectivity index (χ4v) is 3.43. The highest BCUT2D eigenvalue weighted by molar-refractivity contribution is 6.31. The van der Waals surface area contributed by atoms with Gasteiger partial charge in [0.15, 0.2) is 0 Å². The summed E-state index contributed by atoms with van der Waals surface area (Å²) in [4.78, 5) is 5.67. The Morgan fingerprint density at radius 3 is 2.70 bits per heavy atom. The summed E-state index contributed by atoms with van der Waals surface area (Å²) in [7, 11) is 0. The molecule has 0 spiro atoms. The van der Waals surface area contributed by atoms with Crippen LogP contribution in [0.4, 0.5) is 4.39 Å². The molecular weight excluding hydrogens is 403 g/mol. The van der Waals surface area contributed by atoms with E-state index in [0.717, 1.165) is 42.0 Å². The molecule has 0 radical (unpaired) electrons. The molecule has 4 rings (SSSR count). The molecule has 0 unspecified atom stereocenters. The predicted octanol–water partition coefficient (Wildman–Crippen LogP) is 4.16. The van der Waals surface area contributed by atoms with E-state index in [1.165, 1.54) is 12.1 Å². The molecule has 6 nitrogen and oxygen atoms in total. The lowest BCUT2D eigenvalue weighted by Gasteiger charge is -2.05. The van der Waals surface area contributed by atoms with E-state index in [9.17, 15) is 4.39 Å². The number of aromatic nitrogens is 5. The fraction of sp³-hybridized carbons (Fsp3) is 0.227. The van der Waals surface area contributed by atoms with Gasteiger partial charge in [-0.1, -0.05) is 48.0 Å². The van der Waals surface area contributed by atoms with Crippen molar-refractivity contribution in [3.05, 3.63) is 89.3 Å². The van der Waals surface area contributed by atoms with Crippen LogP contribution in [-0.4, -0.2) is 31.1 Å². The van der Waals surface area contributed by atoms with Crippen molar-refractivity contribution in [1.29, 1.82) is 0 Å². The van der Waals surface area contributed by atoms with Gasteiger partial charge in [0.2, 0.25) is 0 Å². The third kappa shape index (κ3) is 5.11. The zero-order valence-electron chi connectivity index (χ0n) is 16.4. The summed E-state index contributed by atoms with van der Waals surface area (Å²) in [5, 5.41) is 13.2. The molecular formula is C22H22ClFN6.